The molecule has 0 radical (unpaired) electrons. The normalized spacial score (nSPS) is 11.1. The van der Waals surface area contributed by atoms with Crippen LogP contribution in [0.25, 0.3) is 0 Å². The summed E-state index contributed by atoms with van der Waals surface area (Å²) >= 11 is 0. The zero-order valence-electron chi connectivity index (χ0n) is 17.8. The molecule has 0 spiro atoms. The van der Waals surface area contributed by atoms with E-state index in [9.17, 15) is 14.4 Å². The van der Waals surface area contributed by atoms with Crippen molar-refractivity contribution in [1.82, 2.24) is 14.0 Å². The van der Waals surface area contributed by atoms with E-state index < -0.39 is 0 Å². The molecule has 1 heterocycles. The summed E-state index contributed by atoms with van der Waals surface area (Å²) in [6.07, 6.45) is 2.57. The summed E-state index contributed by atoms with van der Waals surface area (Å²) < 4.78 is 8.46. The first-order valence-electron chi connectivity index (χ1n) is 10.1. The Labute approximate surface area is 171 Å². The number of hydrogen-bond donors (Lipinski definition) is 0. The van der Waals surface area contributed by atoms with Crippen molar-refractivity contribution in [2.45, 2.75) is 33.1 Å². The minimum Gasteiger partial charge on any atom is -0.492 e. The van der Waals surface area contributed by atoms with E-state index in [1.807, 2.05) is 12.1 Å². The highest BCUT2D eigenvalue weighted by molar-refractivity contribution is 5.94. The maximum Gasteiger partial charge on any atom is 0.330 e. The van der Waals surface area contributed by atoms with Crippen LogP contribution in [0, 0.1) is 0 Å². The molecule has 2 aromatic rings. The second kappa shape index (κ2) is 10.8. The van der Waals surface area contributed by atoms with Gasteiger partial charge in [-0.2, -0.15) is 0 Å². The molecular formula is C22H31N3O4. The smallest absolute Gasteiger partial charge is 0.330 e. The maximum atomic E-state index is 12.0. The van der Waals surface area contributed by atoms with Crippen LogP contribution in [-0.2, 0) is 20.5 Å². The Balaban J connectivity index is 1.85. The van der Waals surface area contributed by atoms with Gasteiger partial charge in [0.05, 0.1) is 0 Å². The Morgan fingerprint density at radius 1 is 1.03 bits per heavy atom. The van der Waals surface area contributed by atoms with Gasteiger partial charge < -0.3 is 9.30 Å². The van der Waals surface area contributed by atoms with Crippen LogP contribution in [0.3, 0.4) is 0 Å². The van der Waals surface area contributed by atoms with Gasteiger partial charge in [-0.1, -0.05) is 6.92 Å². The van der Waals surface area contributed by atoms with Crippen LogP contribution in [0.2, 0.25) is 0 Å². The van der Waals surface area contributed by atoms with E-state index in [0.717, 1.165) is 48.5 Å². The Morgan fingerprint density at radius 3 is 2.34 bits per heavy atom. The van der Waals surface area contributed by atoms with Gasteiger partial charge in [-0.3, -0.25) is 19.1 Å². The van der Waals surface area contributed by atoms with Crippen molar-refractivity contribution < 1.29 is 9.53 Å². The van der Waals surface area contributed by atoms with E-state index in [1.165, 1.54) is 7.05 Å². The number of aryl methyl sites for hydroxylation is 1. The van der Waals surface area contributed by atoms with Gasteiger partial charge in [0.1, 0.15) is 12.4 Å². The first-order chi connectivity index (χ1) is 13.8. The summed E-state index contributed by atoms with van der Waals surface area (Å²) in [5.41, 5.74) is 0.881. The lowest BCUT2D eigenvalue weighted by Crippen LogP contribution is -2.38. The third-order valence-corrected chi connectivity index (χ3v) is 5.01. The molecule has 0 N–H and O–H groups in total. The van der Waals surface area contributed by atoms with Gasteiger partial charge >= 0.3 is 5.69 Å². The fraction of sp³-hybridized carbons (Fsp3) is 0.500. The van der Waals surface area contributed by atoms with Crippen molar-refractivity contribution in [1.29, 1.82) is 0 Å². The third-order valence-electron chi connectivity index (χ3n) is 5.01. The standard InChI is InChI=1S/C22H31N3O4/c1-5-12-25(14-15-29-20-10-8-18(9-11-20)17(2)26)13-6-7-19-16-21(27)24(4)22(28)23(19)3/h8-11,16H,5-7,12-15H2,1-4H3. The van der Waals surface area contributed by atoms with Crippen LogP contribution in [0.15, 0.2) is 39.9 Å². The van der Waals surface area contributed by atoms with Crippen molar-refractivity contribution in [3.8, 4) is 5.75 Å². The zero-order valence-corrected chi connectivity index (χ0v) is 17.8. The van der Waals surface area contributed by atoms with Crippen LogP contribution >= 0.6 is 0 Å². The average molecular weight is 402 g/mol. The lowest BCUT2D eigenvalue weighted by molar-refractivity contribution is 0.101. The molecule has 0 aliphatic rings. The number of benzene rings is 1. The number of hydrogen-bond acceptors (Lipinski definition) is 5. The zero-order chi connectivity index (χ0) is 21.4. The molecule has 29 heavy (non-hydrogen) atoms. The molecule has 0 saturated carbocycles. The van der Waals surface area contributed by atoms with E-state index >= 15 is 0 Å². The summed E-state index contributed by atoms with van der Waals surface area (Å²) in [6, 6.07) is 8.72. The number of ketones is 1. The molecule has 158 valence electrons. The molecule has 1 aromatic carbocycles. The maximum absolute atomic E-state index is 12.0. The predicted octanol–water partition coefficient (Wildman–Crippen LogP) is 2.01. The van der Waals surface area contributed by atoms with Gasteiger partial charge in [-0.05, 0) is 63.5 Å². The lowest BCUT2D eigenvalue weighted by Gasteiger charge is -2.22. The molecule has 0 saturated heterocycles. The summed E-state index contributed by atoms with van der Waals surface area (Å²) in [5.74, 6) is 0.793. The molecule has 0 amide bonds. The van der Waals surface area contributed by atoms with Crippen LogP contribution < -0.4 is 16.0 Å². The average Bonchev–Trinajstić information content (AvgIpc) is 2.70. The fourth-order valence-electron chi connectivity index (χ4n) is 3.23. The van der Waals surface area contributed by atoms with Crippen molar-refractivity contribution in [2.75, 3.05) is 26.2 Å². The molecule has 0 aliphatic carbocycles. The highest BCUT2D eigenvalue weighted by atomic mass is 16.5. The number of carbonyl (C=O) groups is 1. The minimum absolute atomic E-state index is 0.0411. The predicted molar refractivity (Wildman–Crippen MR) is 114 cm³/mol. The Bertz CT molecular complexity index is 929. The third kappa shape index (κ3) is 6.42. The van der Waals surface area contributed by atoms with E-state index in [2.05, 4.69) is 11.8 Å². The van der Waals surface area contributed by atoms with Gasteiger partial charge in [0.25, 0.3) is 5.56 Å². The largest absolute Gasteiger partial charge is 0.492 e. The summed E-state index contributed by atoms with van der Waals surface area (Å²) in [6.45, 7) is 6.86. The van der Waals surface area contributed by atoms with E-state index in [0.29, 0.717) is 18.6 Å². The van der Waals surface area contributed by atoms with Gasteiger partial charge in [-0.25, -0.2) is 4.79 Å². The Kier molecular flexibility index (Phi) is 8.39. The Hall–Kier alpha value is -2.67. The summed E-state index contributed by atoms with van der Waals surface area (Å²) in [5, 5.41) is 0. The highest BCUT2D eigenvalue weighted by Crippen LogP contribution is 2.12. The highest BCUT2D eigenvalue weighted by Gasteiger charge is 2.08. The summed E-state index contributed by atoms with van der Waals surface area (Å²) in [7, 11) is 3.19. The number of carbonyl (C=O) groups excluding carboxylic acids is 1. The van der Waals surface area contributed by atoms with Crippen LogP contribution in [0.1, 0.15) is 42.7 Å². The van der Waals surface area contributed by atoms with Crippen LogP contribution in [-0.4, -0.2) is 46.1 Å². The molecule has 0 atom stereocenters. The van der Waals surface area contributed by atoms with Crippen molar-refractivity contribution >= 4 is 5.78 Å². The van der Waals surface area contributed by atoms with Gasteiger partial charge in [-0.15, -0.1) is 0 Å². The molecule has 7 nitrogen and oxygen atoms in total. The SMILES string of the molecule is CCCN(CCCc1cc(=O)n(C)c(=O)n1C)CCOc1ccc(C(C)=O)cc1. The minimum atomic E-state index is -0.290. The van der Waals surface area contributed by atoms with E-state index in [4.69, 9.17) is 4.74 Å². The number of aromatic nitrogens is 2. The van der Waals surface area contributed by atoms with Crippen molar-refractivity contribution in [2.24, 2.45) is 14.1 Å². The molecule has 0 fully saturated rings. The monoisotopic (exact) mass is 401 g/mol. The van der Waals surface area contributed by atoms with E-state index in [1.54, 1.807) is 36.7 Å². The second-order valence-corrected chi connectivity index (χ2v) is 7.25. The van der Waals surface area contributed by atoms with E-state index in [-0.39, 0.29) is 17.0 Å². The molecule has 0 unspecified atom stereocenters. The molecule has 0 aliphatic heterocycles. The van der Waals surface area contributed by atoms with Crippen LogP contribution in [0.5, 0.6) is 5.75 Å². The fourth-order valence-corrected chi connectivity index (χ4v) is 3.23. The van der Waals surface area contributed by atoms with Crippen molar-refractivity contribution in [3.05, 3.63) is 62.4 Å². The number of ether oxygens (including phenoxy) is 1. The summed E-state index contributed by atoms with van der Waals surface area (Å²) in [4.78, 5) is 37.5. The second-order valence-electron chi connectivity index (χ2n) is 7.25. The molecule has 0 bridgehead atoms. The van der Waals surface area contributed by atoms with Gasteiger partial charge in [0, 0.05) is 38.0 Å². The molecule has 2 rings (SSSR count). The van der Waals surface area contributed by atoms with Crippen molar-refractivity contribution in [3.63, 3.8) is 0 Å². The first-order valence-corrected chi connectivity index (χ1v) is 10.1. The van der Waals surface area contributed by atoms with Gasteiger partial charge in [0.2, 0.25) is 0 Å². The van der Waals surface area contributed by atoms with Gasteiger partial charge in [0.15, 0.2) is 5.78 Å². The number of Topliss-reactive ketones (excluding diaryl/α,β-unsaturated/α-hetero) is 1. The lowest BCUT2D eigenvalue weighted by atomic mass is 10.1. The quantitative estimate of drug-likeness (QED) is 0.539. The number of rotatable bonds is 11. The topological polar surface area (TPSA) is 73.5 Å². The van der Waals surface area contributed by atoms with Crippen LogP contribution in [0.4, 0.5) is 0 Å². The number of nitrogens with zero attached hydrogens (tertiary/aromatic N) is 3. The molecule has 1 aromatic heterocycles. The molecular weight excluding hydrogens is 370 g/mol. The first kappa shape index (κ1) is 22.6. The molecule has 7 heteroatoms. The Morgan fingerprint density at radius 2 is 1.72 bits per heavy atom.